The highest BCUT2D eigenvalue weighted by atomic mass is 15.0. The van der Waals surface area contributed by atoms with Gasteiger partial charge in [-0.1, -0.05) is 212 Å². The first-order valence-corrected chi connectivity index (χ1v) is 31.6. The van der Waals surface area contributed by atoms with Gasteiger partial charge in [-0.2, -0.15) is 0 Å². The van der Waals surface area contributed by atoms with Crippen molar-refractivity contribution >= 4 is 186 Å². The lowest BCUT2D eigenvalue weighted by atomic mass is 9.33. The van der Waals surface area contributed by atoms with E-state index in [1.165, 1.54) is 224 Å². The molecule has 404 valence electrons. The van der Waals surface area contributed by atoms with Crippen LogP contribution in [0.15, 0.2) is 255 Å². The molecule has 0 spiro atoms. The number of fused-ring (bicyclic) bond motifs is 23. The Balaban J connectivity index is 0.904. The first kappa shape index (κ1) is 46.0. The van der Waals surface area contributed by atoms with Gasteiger partial charge in [0.1, 0.15) is 0 Å². The molecule has 0 saturated heterocycles. The van der Waals surface area contributed by atoms with E-state index in [4.69, 9.17) is 0 Å². The molecule has 23 rings (SSSR count). The molecule has 89 heavy (non-hydrogen) atoms. The summed E-state index contributed by atoms with van der Waals surface area (Å²) in [6.45, 7) is -0.132. The summed E-state index contributed by atoms with van der Waals surface area (Å²) >= 11 is 0. The third-order valence-electron chi connectivity index (χ3n) is 22.0. The minimum atomic E-state index is -0.132. The second-order valence-electron chi connectivity index (χ2n) is 25.9. The molecular formula is C86H47BN2. The summed E-state index contributed by atoms with van der Waals surface area (Å²) in [4.78, 5) is 0. The topological polar surface area (TPSA) is 9.86 Å². The lowest BCUT2D eigenvalue weighted by Gasteiger charge is -2.35. The standard InChI is InChI=1S/C86H47BN2/c1-4-20-60-56(16-1)57-17-2-5-21-61(57)67-45-77-69(43-66(60)67)72-44-70-62-22-6-3-18-58(62)59-19-7-8-23-63(59)82(70)84-86(72)89(77)76-25-11-24-75-83(76)87(84)73-42-53(55-36-31-51-29-27-47-13-10-15-49-33-38-65(55)81(51)79(47)49)41-71-68-40-52(34-39-74(68)88(75)85(71)73)54-35-30-50-28-26-46-12-9-14-48-32-37-64(54)80(50)78(46)48/h1-11,13-27,29-45H,12,28H2. The predicted molar refractivity (Wildman–Crippen MR) is 382 cm³/mol. The molecule has 0 radical (unpaired) electrons. The number of rotatable bonds is 2. The predicted octanol–water partition coefficient (Wildman–Crippen LogP) is 20.7. The molecule has 0 bridgehead atoms. The Hall–Kier alpha value is -11.3. The van der Waals surface area contributed by atoms with E-state index in [0.717, 1.165) is 12.8 Å². The largest absolute Gasteiger partial charge is 0.310 e. The normalized spacial score (nSPS) is 14.0. The van der Waals surface area contributed by atoms with Gasteiger partial charge in [-0.05, 0) is 230 Å². The Morgan fingerprint density at radius 1 is 0.315 bits per heavy atom. The van der Waals surface area contributed by atoms with Gasteiger partial charge in [0.25, 0.3) is 6.71 Å². The quantitative estimate of drug-likeness (QED) is 0.121. The van der Waals surface area contributed by atoms with Gasteiger partial charge in [0.2, 0.25) is 0 Å². The molecule has 4 aliphatic rings. The van der Waals surface area contributed by atoms with Crippen LogP contribution in [0.4, 0.5) is 0 Å². The van der Waals surface area contributed by atoms with Crippen LogP contribution >= 0.6 is 0 Å². The molecule has 2 aliphatic heterocycles. The van der Waals surface area contributed by atoms with Crippen LogP contribution in [0.5, 0.6) is 0 Å². The summed E-state index contributed by atoms with van der Waals surface area (Å²) in [7, 11) is 0. The summed E-state index contributed by atoms with van der Waals surface area (Å²) in [5.41, 5.74) is 22.4. The fourth-order valence-corrected chi connectivity index (χ4v) is 18.4. The minimum absolute atomic E-state index is 0.132. The SMILES string of the molecule is C1=Cc2ccc3c(-c4ccc5c(c4)c4cc(-c6ccc7ccc8cccc9ccc6c7c89)cc6c4n5-c4cccc5c4B6c4c6c7ccccc7c7ccccc7c6cc6c7cc8c9ccccc9c9ccccc9c8cc7n-5c46)ccc4c3c2C(=CC4)C1. The van der Waals surface area contributed by atoms with Gasteiger partial charge in [-0.15, -0.1) is 0 Å². The number of hydrogen-bond acceptors (Lipinski definition) is 0. The fraction of sp³-hybridized carbons (Fsp3) is 0.0233. The van der Waals surface area contributed by atoms with Crippen LogP contribution in [-0.4, -0.2) is 15.8 Å². The Labute approximate surface area is 510 Å². The van der Waals surface area contributed by atoms with Crippen LogP contribution in [0.3, 0.4) is 0 Å². The summed E-state index contributed by atoms with van der Waals surface area (Å²) in [6.07, 6.45) is 9.10. The van der Waals surface area contributed by atoms with E-state index in [1.54, 1.807) is 0 Å². The molecule has 0 N–H and O–H groups in total. The summed E-state index contributed by atoms with van der Waals surface area (Å²) in [5, 5.41) is 31.3. The highest BCUT2D eigenvalue weighted by Gasteiger charge is 2.43. The first-order chi connectivity index (χ1) is 44.2. The number of benzene rings is 17. The molecule has 2 aliphatic carbocycles. The molecule has 2 aromatic heterocycles. The Morgan fingerprint density at radius 3 is 1.64 bits per heavy atom. The zero-order chi connectivity index (χ0) is 57.2. The van der Waals surface area contributed by atoms with Crippen molar-refractivity contribution in [3.8, 4) is 33.6 Å². The van der Waals surface area contributed by atoms with E-state index in [0.29, 0.717) is 0 Å². The maximum atomic E-state index is 2.71. The second kappa shape index (κ2) is 16.0. The van der Waals surface area contributed by atoms with E-state index in [9.17, 15) is 0 Å². The average molecular weight is 1120 g/mol. The number of allylic oxidation sites excluding steroid dienone is 3. The van der Waals surface area contributed by atoms with Crippen LogP contribution in [-0.2, 0) is 6.42 Å². The first-order valence-electron chi connectivity index (χ1n) is 31.6. The van der Waals surface area contributed by atoms with E-state index >= 15 is 0 Å². The van der Waals surface area contributed by atoms with Crippen molar-refractivity contribution in [2.24, 2.45) is 0 Å². The van der Waals surface area contributed by atoms with Crippen molar-refractivity contribution in [2.45, 2.75) is 12.8 Å². The van der Waals surface area contributed by atoms with Crippen LogP contribution in [0.1, 0.15) is 23.1 Å². The van der Waals surface area contributed by atoms with Crippen LogP contribution < -0.4 is 16.4 Å². The molecule has 0 atom stereocenters. The third-order valence-corrected chi connectivity index (χ3v) is 22.0. The van der Waals surface area contributed by atoms with Crippen molar-refractivity contribution in [1.82, 2.24) is 9.13 Å². The number of hydrogen-bond donors (Lipinski definition) is 0. The third kappa shape index (κ3) is 5.56. The Kier molecular flexibility index (Phi) is 8.29. The van der Waals surface area contributed by atoms with Crippen molar-refractivity contribution in [3.05, 3.63) is 271 Å². The summed E-state index contributed by atoms with van der Waals surface area (Å²) in [6, 6.07) is 94.7. The molecule has 0 fully saturated rings. The average Bonchev–Trinajstić information content (AvgIpc) is 1.57. The summed E-state index contributed by atoms with van der Waals surface area (Å²) < 4.78 is 5.38. The Morgan fingerprint density at radius 2 is 0.876 bits per heavy atom. The van der Waals surface area contributed by atoms with Crippen molar-refractivity contribution in [1.29, 1.82) is 0 Å². The maximum Gasteiger partial charge on any atom is 0.253 e. The minimum Gasteiger partial charge on any atom is -0.310 e. The number of aromatic nitrogens is 2. The van der Waals surface area contributed by atoms with Gasteiger partial charge in [0, 0.05) is 38.4 Å². The Bertz CT molecular complexity index is 6710. The van der Waals surface area contributed by atoms with Crippen molar-refractivity contribution < 1.29 is 0 Å². The van der Waals surface area contributed by atoms with E-state index in [-0.39, 0.29) is 6.71 Å². The van der Waals surface area contributed by atoms with Crippen LogP contribution in [0.25, 0.3) is 197 Å². The highest BCUT2D eigenvalue weighted by molar-refractivity contribution is 7.02. The van der Waals surface area contributed by atoms with Gasteiger partial charge in [0.15, 0.2) is 0 Å². The van der Waals surface area contributed by atoms with Crippen LogP contribution in [0.2, 0.25) is 0 Å². The molecule has 0 saturated carbocycles. The molecule has 2 nitrogen and oxygen atoms in total. The van der Waals surface area contributed by atoms with Gasteiger partial charge in [-0.3, -0.25) is 0 Å². The van der Waals surface area contributed by atoms with E-state index in [1.807, 2.05) is 0 Å². The van der Waals surface area contributed by atoms with Crippen LogP contribution in [0, 0.1) is 0 Å². The van der Waals surface area contributed by atoms with Gasteiger partial charge >= 0.3 is 0 Å². The van der Waals surface area contributed by atoms with Gasteiger partial charge < -0.3 is 9.13 Å². The lowest BCUT2D eigenvalue weighted by molar-refractivity contribution is 1.14. The van der Waals surface area contributed by atoms with Gasteiger partial charge in [0.05, 0.1) is 16.6 Å². The van der Waals surface area contributed by atoms with Crippen molar-refractivity contribution in [2.75, 3.05) is 0 Å². The fourth-order valence-electron chi connectivity index (χ4n) is 18.4. The van der Waals surface area contributed by atoms with Crippen molar-refractivity contribution in [3.63, 3.8) is 0 Å². The molecule has 3 heteroatoms. The maximum absolute atomic E-state index is 2.71. The van der Waals surface area contributed by atoms with E-state index in [2.05, 4.69) is 270 Å². The number of nitrogens with zero attached hydrogens (tertiary/aromatic N) is 2. The zero-order valence-electron chi connectivity index (χ0n) is 48.2. The lowest BCUT2D eigenvalue weighted by Crippen LogP contribution is -2.59. The zero-order valence-corrected chi connectivity index (χ0v) is 48.2. The molecular weight excluding hydrogens is 1070 g/mol. The molecule has 17 aromatic carbocycles. The second-order valence-corrected chi connectivity index (χ2v) is 25.9. The van der Waals surface area contributed by atoms with E-state index < -0.39 is 0 Å². The monoisotopic (exact) mass is 1120 g/mol. The molecule has 19 aromatic rings. The molecule has 0 unspecified atom stereocenters. The molecule has 0 amide bonds. The summed E-state index contributed by atoms with van der Waals surface area (Å²) in [5.74, 6) is 0. The molecule has 4 heterocycles. The van der Waals surface area contributed by atoms with Gasteiger partial charge in [-0.25, -0.2) is 0 Å². The smallest absolute Gasteiger partial charge is 0.253 e. The highest BCUT2D eigenvalue weighted by Crippen LogP contribution is 2.50.